The Morgan fingerprint density at radius 3 is 2.56 bits per heavy atom. The van der Waals surface area contributed by atoms with Crippen molar-refractivity contribution in [1.82, 2.24) is 5.32 Å². The Kier molecular flexibility index (Phi) is 6.41. The Morgan fingerprint density at radius 1 is 0.926 bits per heavy atom. The zero-order valence-electron chi connectivity index (χ0n) is 15.0. The van der Waals surface area contributed by atoms with E-state index in [4.69, 9.17) is 4.42 Å². The van der Waals surface area contributed by atoms with Gasteiger partial charge >= 0.3 is 0 Å². The normalized spacial score (nSPS) is 10.4. The van der Waals surface area contributed by atoms with Crippen molar-refractivity contribution in [3.05, 3.63) is 89.9 Å². The van der Waals surface area contributed by atoms with Crippen LogP contribution in [0.2, 0.25) is 0 Å². The van der Waals surface area contributed by atoms with Gasteiger partial charge in [-0.05, 0) is 48.7 Å². The Balaban J connectivity index is 1.47. The van der Waals surface area contributed by atoms with Gasteiger partial charge in [0.05, 0.1) is 12.8 Å². The summed E-state index contributed by atoms with van der Waals surface area (Å²) < 4.78 is 5.19. The van der Waals surface area contributed by atoms with Crippen molar-refractivity contribution in [2.45, 2.75) is 25.8 Å². The van der Waals surface area contributed by atoms with E-state index in [0.717, 1.165) is 12.8 Å². The predicted octanol–water partition coefficient (Wildman–Crippen LogP) is 4.17. The SMILES string of the molecule is O=C(CCCc1ccccc1)Nc1cccc(C(=O)NCc2ccco2)c1. The van der Waals surface area contributed by atoms with Gasteiger partial charge in [0.25, 0.3) is 5.91 Å². The first-order chi connectivity index (χ1) is 13.2. The number of carbonyl (C=O) groups excluding carboxylic acids is 2. The third-order valence-electron chi connectivity index (χ3n) is 4.12. The molecule has 3 aromatic rings. The molecule has 27 heavy (non-hydrogen) atoms. The molecule has 0 spiro atoms. The third-order valence-corrected chi connectivity index (χ3v) is 4.12. The molecule has 0 bridgehead atoms. The van der Waals surface area contributed by atoms with Crippen LogP contribution >= 0.6 is 0 Å². The molecular weight excluding hydrogens is 340 g/mol. The second-order valence-corrected chi connectivity index (χ2v) is 6.23. The van der Waals surface area contributed by atoms with Gasteiger partial charge in [0.2, 0.25) is 5.91 Å². The number of benzene rings is 2. The van der Waals surface area contributed by atoms with Crippen LogP contribution in [0.5, 0.6) is 0 Å². The molecule has 0 aliphatic heterocycles. The molecule has 1 aromatic heterocycles. The molecular formula is C22H22N2O3. The minimum atomic E-state index is -0.216. The van der Waals surface area contributed by atoms with E-state index in [9.17, 15) is 9.59 Å². The standard InChI is InChI=1S/C22H22N2O3/c25-21(13-4-9-17-7-2-1-3-8-17)24-19-11-5-10-18(15-19)22(26)23-16-20-12-6-14-27-20/h1-3,5-8,10-12,14-15H,4,9,13,16H2,(H,23,26)(H,24,25). The van der Waals surface area contributed by atoms with Crippen molar-refractivity contribution in [2.75, 3.05) is 5.32 Å². The van der Waals surface area contributed by atoms with Crippen LogP contribution in [-0.4, -0.2) is 11.8 Å². The first-order valence-corrected chi connectivity index (χ1v) is 8.95. The molecule has 0 unspecified atom stereocenters. The lowest BCUT2D eigenvalue weighted by atomic mass is 10.1. The highest BCUT2D eigenvalue weighted by Crippen LogP contribution is 2.12. The number of amides is 2. The summed E-state index contributed by atoms with van der Waals surface area (Å²) >= 11 is 0. The molecule has 1 heterocycles. The summed E-state index contributed by atoms with van der Waals surface area (Å²) in [6.07, 6.45) is 3.64. The van der Waals surface area contributed by atoms with E-state index >= 15 is 0 Å². The average molecular weight is 362 g/mol. The summed E-state index contributed by atoms with van der Waals surface area (Å²) in [7, 11) is 0. The van der Waals surface area contributed by atoms with E-state index in [1.165, 1.54) is 5.56 Å². The molecule has 3 rings (SSSR count). The maximum absolute atomic E-state index is 12.2. The number of furan rings is 1. The molecule has 5 nitrogen and oxygen atoms in total. The number of anilines is 1. The number of aryl methyl sites for hydroxylation is 1. The van der Waals surface area contributed by atoms with Gasteiger partial charge in [-0.2, -0.15) is 0 Å². The highest BCUT2D eigenvalue weighted by molar-refractivity contribution is 5.97. The fourth-order valence-corrected chi connectivity index (χ4v) is 2.74. The van der Waals surface area contributed by atoms with Crippen LogP contribution in [0.25, 0.3) is 0 Å². The van der Waals surface area contributed by atoms with Gasteiger partial charge in [-0.25, -0.2) is 0 Å². The summed E-state index contributed by atoms with van der Waals surface area (Å²) in [5, 5.41) is 5.64. The highest BCUT2D eigenvalue weighted by Gasteiger charge is 2.08. The third kappa shape index (κ3) is 5.85. The number of hydrogen-bond donors (Lipinski definition) is 2. The van der Waals surface area contributed by atoms with Crippen LogP contribution in [0.4, 0.5) is 5.69 Å². The zero-order valence-corrected chi connectivity index (χ0v) is 15.0. The molecule has 2 N–H and O–H groups in total. The first kappa shape index (κ1) is 18.5. The largest absolute Gasteiger partial charge is 0.467 e. The maximum Gasteiger partial charge on any atom is 0.251 e. The monoisotopic (exact) mass is 362 g/mol. The van der Waals surface area contributed by atoms with Crippen molar-refractivity contribution >= 4 is 17.5 Å². The quantitative estimate of drug-likeness (QED) is 0.632. The van der Waals surface area contributed by atoms with E-state index < -0.39 is 0 Å². The molecule has 0 radical (unpaired) electrons. The number of rotatable bonds is 8. The van der Waals surface area contributed by atoms with Crippen LogP contribution < -0.4 is 10.6 Å². The lowest BCUT2D eigenvalue weighted by Gasteiger charge is -2.08. The summed E-state index contributed by atoms with van der Waals surface area (Å²) in [6.45, 7) is 0.321. The van der Waals surface area contributed by atoms with Crippen LogP contribution in [0.3, 0.4) is 0 Å². The molecule has 2 amide bonds. The Bertz CT molecular complexity index is 874. The van der Waals surface area contributed by atoms with Crippen LogP contribution in [0.1, 0.15) is 34.5 Å². The number of carbonyl (C=O) groups is 2. The second-order valence-electron chi connectivity index (χ2n) is 6.23. The van der Waals surface area contributed by atoms with Crippen LogP contribution in [0.15, 0.2) is 77.4 Å². The van der Waals surface area contributed by atoms with Gasteiger partial charge in [0.1, 0.15) is 5.76 Å². The van der Waals surface area contributed by atoms with E-state index in [1.54, 1.807) is 42.7 Å². The highest BCUT2D eigenvalue weighted by atomic mass is 16.3. The fraction of sp³-hybridized carbons (Fsp3) is 0.182. The molecule has 138 valence electrons. The summed E-state index contributed by atoms with van der Waals surface area (Å²) in [6, 6.07) is 20.6. The van der Waals surface area contributed by atoms with Crippen molar-refractivity contribution in [1.29, 1.82) is 0 Å². The van der Waals surface area contributed by atoms with Crippen molar-refractivity contribution in [3.8, 4) is 0 Å². The number of hydrogen-bond acceptors (Lipinski definition) is 3. The van der Waals surface area contributed by atoms with E-state index in [-0.39, 0.29) is 11.8 Å². The minimum absolute atomic E-state index is 0.0564. The fourth-order valence-electron chi connectivity index (χ4n) is 2.74. The smallest absolute Gasteiger partial charge is 0.251 e. The Hall–Kier alpha value is -3.34. The molecule has 0 atom stereocenters. The molecule has 0 saturated heterocycles. The van der Waals surface area contributed by atoms with Gasteiger partial charge in [0.15, 0.2) is 0 Å². The Labute approximate surface area is 158 Å². The van der Waals surface area contributed by atoms with E-state index in [1.807, 2.05) is 18.2 Å². The molecule has 0 aliphatic rings. The van der Waals surface area contributed by atoms with Gasteiger partial charge < -0.3 is 15.1 Å². The molecule has 0 saturated carbocycles. The molecule has 5 heteroatoms. The van der Waals surface area contributed by atoms with Crippen molar-refractivity contribution in [3.63, 3.8) is 0 Å². The lowest BCUT2D eigenvalue weighted by molar-refractivity contribution is -0.116. The number of nitrogens with one attached hydrogen (secondary N) is 2. The second kappa shape index (κ2) is 9.38. The first-order valence-electron chi connectivity index (χ1n) is 8.95. The average Bonchev–Trinajstić information content (AvgIpc) is 3.21. The Morgan fingerprint density at radius 2 is 1.78 bits per heavy atom. The lowest BCUT2D eigenvalue weighted by Crippen LogP contribution is -2.22. The molecule has 0 aliphatic carbocycles. The van der Waals surface area contributed by atoms with Crippen molar-refractivity contribution in [2.24, 2.45) is 0 Å². The van der Waals surface area contributed by atoms with Crippen molar-refractivity contribution < 1.29 is 14.0 Å². The van der Waals surface area contributed by atoms with Gasteiger partial charge in [-0.15, -0.1) is 0 Å². The topological polar surface area (TPSA) is 71.3 Å². The van der Waals surface area contributed by atoms with E-state index in [2.05, 4.69) is 22.8 Å². The van der Waals surface area contributed by atoms with Gasteiger partial charge in [-0.3, -0.25) is 9.59 Å². The van der Waals surface area contributed by atoms with Crippen LogP contribution in [-0.2, 0) is 17.8 Å². The van der Waals surface area contributed by atoms with Gasteiger partial charge in [-0.1, -0.05) is 36.4 Å². The molecule has 0 fully saturated rings. The maximum atomic E-state index is 12.2. The zero-order chi connectivity index (χ0) is 18.9. The molecule has 2 aromatic carbocycles. The summed E-state index contributed by atoms with van der Waals surface area (Å²) in [5.41, 5.74) is 2.33. The minimum Gasteiger partial charge on any atom is -0.467 e. The van der Waals surface area contributed by atoms with E-state index in [0.29, 0.717) is 30.0 Å². The van der Waals surface area contributed by atoms with Crippen LogP contribution in [0, 0.1) is 0 Å². The summed E-state index contributed by atoms with van der Waals surface area (Å²) in [4.78, 5) is 24.4. The van der Waals surface area contributed by atoms with Gasteiger partial charge in [0, 0.05) is 17.7 Å². The summed E-state index contributed by atoms with van der Waals surface area (Å²) in [5.74, 6) is 0.414. The predicted molar refractivity (Wildman–Crippen MR) is 104 cm³/mol.